The maximum atomic E-state index is 8.90. The summed E-state index contributed by atoms with van der Waals surface area (Å²) < 4.78 is 0. The van der Waals surface area contributed by atoms with Crippen molar-refractivity contribution in [1.29, 1.82) is 5.26 Å². The Bertz CT molecular complexity index is 433. The van der Waals surface area contributed by atoms with Gasteiger partial charge in [0.2, 0.25) is 0 Å². The summed E-state index contributed by atoms with van der Waals surface area (Å²) in [6, 6.07) is 10.4. The van der Waals surface area contributed by atoms with Crippen molar-refractivity contribution < 1.29 is 0 Å². The molecule has 1 aliphatic carbocycles. The van der Waals surface area contributed by atoms with Crippen molar-refractivity contribution in [2.45, 2.75) is 38.6 Å². The van der Waals surface area contributed by atoms with Crippen LogP contribution in [-0.4, -0.2) is 6.04 Å². The van der Waals surface area contributed by atoms with Crippen LogP contribution in [0.3, 0.4) is 0 Å². The normalized spacial score (nSPS) is 32.9. The van der Waals surface area contributed by atoms with Crippen LogP contribution in [0.4, 0.5) is 0 Å². The number of nitrogens with zero attached hydrogens (tertiary/aromatic N) is 1. The zero-order valence-corrected chi connectivity index (χ0v) is 9.90. The van der Waals surface area contributed by atoms with Gasteiger partial charge in [0.15, 0.2) is 0 Å². The molecule has 1 aromatic rings. The zero-order chi connectivity index (χ0) is 11.8. The molecule has 1 fully saturated rings. The Morgan fingerprint density at radius 3 is 2.88 bits per heavy atom. The molecule has 0 bridgehead atoms. The van der Waals surface area contributed by atoms with Gasteiger partial charge in [-0.25, -0.2) is 0 Å². The number of benzene rings is 1. The van der Waals surface area contributed by atoms with E-state index >= 15 is 0 Å². The first kappa shape index (κ1) is 11.2. The van der Waals surface area contributed by atoms with E-state index in [2.05, 4.69) is 26.0 Å². The van der Waals surface area contributed by atoms with Crippen LogP contribution in [-0.2, 0) is 0 Å². The van der Waals surface area contributed by atoms with E-state index in [9.17, 15) is 0 Å². The molecule has 0 spiro atoms. The summed E-state index contributed by atoms with van der Waals surface area (Å²) in [5, 5.41) is 8.90. The highest BCUT2D eigenvalue weighted by molar-refractivity contribution is 5.37. The predicted octanol–water partition coefficient (Wildman–Crippen LogP) is 2.79. The first-order valence-electron chi connectivity index (χ1n) is 5.87. The lowest BCUT2D eigenvalue weighted by Gasteiger charge is -2.53. The van der Waals surface area contributed by atoms with Crippen molar-refractivity contribution in [1.82, 2.24) is 0 Å². The Morgan fingerprint density at radius 1 is 1.56 bits per heavy atom. The summed E-state index contributed by atoms with van der Waals surface area (Å²) in [6.07, 6.45) is 2.13. The first-order valence-corrected chi connectivity index (χ1v) is 5.87. The molecule has 0 amide bonds. The van der Waals surface area contributed by atoms with Gasteiger partial charge in [0.25, 0.3) is 0 Å². The van der Waals surface area contributed by atoms with Crippen LogP contribution >= 0.6 is 0 Å². The minimum Gasteiger partial charge on any atom is -0.327 e. The van der Waals surface area contributed by atoms with Gasteiger partial charge in [0.1, 0.15) is 0 Å². The Hall–Kier alpha value is -1.33. The fourth-order valence-electron chi connectivity index (χ4n) is 2.74. The summed E-state index contributed by atoms with van der Waals surface area (Å²) in [4.78, 5) is 0. The molecule has 3 atom stereocenters. The molecule has 3 unspecified atom stereocenters. The molecule has 1 aliphatic rings. The summed E-state index contributed by atoms with van der Waals surface area (Å²) in [7, 11) is 0. The second-order valence-electron chi connectivity index (χ2n) is 4.99. The van der Waals surface area contributed by atoms with Crippen molar-refractivity contribution in [3.8, 4) is 6.07 Å². The van der Waals surface area contributed by atoms with E-state index < -0.39 is 0 Å². The molecule has 2 rings (SSSR count). The van der Waals surface area contributed by atoms with Gasteiger partial charge >= 0.3 is 0 Å². The highest BCUT2D eigenvalue weighted by Gasteiger charge is 2.48. The standard InChI is InChI=1S/C14H18N2/c1-3-14(2)12(8-13(14)16)11-6-4-5-10(7-11)9-15/h4-7,12-13H,3,8,16H2,1-2H3. The molecular formula is C14H18N2. The van der Waals surface area contributed by atoms with Crippen molar-refractivity contribution in [3.05, 3.63) is 35.4 Å². The van der Waals surface area contributed by atoms with Crippen molar-refractivity contribution >= 4 is 0 Å². The van der Waals surface area contributed by atoms with Gasteiger partial charge < -0.3 is 5.73 Å². The van der Waals surface area contributed by atoms with Gasteiger partial charge in [-0.1, -0.05) is 26.0 Å². The fourth-order valence-corrected chi connectivity index (χ4v) is 2.74. The van der Waals surface area contributed by atoms with E-state index in [-0.39, 0.29) is 5.41 Å². The Labute approximate surface area is 97.1 Å². The van der Waals surface area contributed by atoms with Crippen LogP contribution in [0.5, 0.6) is 0 Å². The third kappa shape index (κ3) is 1.52. The van der Waals surface area contributed by atoms with Crippen molar-refractivity contribution in [2.24, 2.45) is 11.1 Å². The third-order valence-corrected chi connectivity index (χ3v) is 4.31. The maximum absolute atomic E-state index is 8.90. The molecule has 1 saturated carbocycles. The van der Waals surface area contributed by atoms with Crippen molar-refractivity contribution in [3.63, 3.8) is 0 Å². The van der Waals surface area contributed by atoms with E-state index in [4.69, 9.17) is 11.0 Å². The summed E-state index contributed by atoms with van der Waals surface area (Å²) >= 11 is 0. The molecule has 0 saturated heterocycles. The molecule has 16 heavy (non-hydrogen) atoms. The Balaban J connectivity index is 2.29. The Kier molecular flexibility index (Phi) is 2.73. The van der Waals surface area contributed by atoms with E-state index in [1.54, 1.807) is 0 Å². The molecule has 2 N–H and O–H groups in total. The van der Waals surface area contributed by atoms with Crippen LogP contribution in [0.15, 0.2) is 24.3 Å². The molecule has 1 aromatic carbocycles. The summed E-state index contributed by atoms with van der Waals surface area (Å²) in [6.45, 7) is 4.45. The van der Waals surface area contributed by atoms with Gasteiger partial charge in [-0.15, -0.1) is 0 Å². The molecule has 2 nitrogen and oxygen atoms in total. The van der Waals surface area contributed by atoms with Gasteiger partial charge in [-0.05, 0) is 41.9 Å². The Morgan fingerprint density at radius 2 is 2.31 bits per heavy atom. The number of rotatable bonds is 2. The lowest BCUT2D eigenvalue weighted by Crippen LogP contribution is -2.54. The quantitative estimate of drug-likeness (QED) is 0.823. The summed E-state index contributed by atoms with van der Waals surface area (Å²) in [5.41, 5.74) is 8.32. The van der Waals surface area contributed by atoms with Crippen LogP contribution < -0.4 is 5.73 Å². The highest BCUT2D eigenvalue weighted by atomic mass is 14.8. The smallest absolute Gasteiger partial charge is 0.0991 e. The van der Waals surface area contributed by atoms with Crippen LogP contribution in [0.25, 0.3) is 0 Å². The van der Waals surface area contributed by atoms with Gasteiger partial charge in [-0.3, -0.25) is 0 Å². The second-order valence-corrected chi connectivity index (χ2v) is 4.99. The molecular weight excluding hydrogens is 196 g/mol. The lowest BCUT2D eigenvalue weighted by atomic mass is 9.54. The monoisotopic (exact) mass is 214 g/mol. The van der Waals surface area contributed by atoms with Crippen LogP contribution in [0.1, 0.15) is 43.7 Å². The largest absolute Gasteiger partial charge is 0.327 e. The molecule has 0 radical (unpaired) electrons. The second kappa shape index (κ2) is 3.92. The molecule has 84 valence electrons. The van der Waals surface area contributed by atoms with E-state index in [1.165, 1.54) is 5.56 Å². The number of hydrogen-bond donors (Lipinski definition) is 1. The van der Waals surface area contributed by atoms with Crippen LogP contribution in [0, 0.1) is 16.7 Å². The number of hydrogen-bond acceptors (Lipinski definition) is 2. The van der Waals surface area contributed by atoms with E-state index in [1.807, 2.05) is 18.2 Å². The van der Waals surface area contributed by atoms with Crippen LogP contribution in [0.2, 0.25) is 0 Å². The average molecular weight is 214 g/mol. The van der Waals surface area contributed by atoms with Gasteiger partial charge in [0.05, 0.1) is 11.6 Å². The molecule has 0 aromatic heterocycles. The molecule has 0 aliphatic heterocycles. The summed E-state index contributed by atoms with van der Waals surface area (Å²) in [5.74, 6) is 0.515. The minimum absolute atomic E-state index is 0.202. The molecule has 2 heteroatoms. The van der Waals surface area contributed by atoms with Gasteiger partial charge in [0, 0.05) is 6.04 Å². The van der Waals surface area contributed by atoms with Crippen molar-refractivity contribution in [2.75, 3.05) is 0 Å². The number of nitrogens with two attached hydrogens (primary N) is 1. The average Bonchev–Trinajstić information content (AvgIpc) is 2.34. The molecule has 0 heterocycles. The fraction of sp³-hybridized carbons (Fsp3) is 0.500. The lowest BCUT2D eigenvalue weighted by molar-refractivity contribution is 0.0706. The maximum Gasteiger partial charge on any atom is 0.0991 e. The first-order chi connectivity index (χ1) is 7.61. The third-order valence-electron chi connectivity index (χ3n) is 4.31. The predicted molar refractivity (Wildman–Crippen MR) is 64.9 cm³/mol. The minimum atomic E-state index is 0.202. The van der Waals surface area contributed by atoms with Gasteiger partial charge in [-0.2, -0.15) is 5.26 Å². The zero-order valence-electron chi connectivity index (χ0n) is 9.90. The topological polar surface area (TPSA) is 49.8 Å². The number of nitriles is 1. The van der Waals surface area contributed by atoms with E-state index in [0.29, 0.717) is 12.0 Å². The van der Waals surface area contributed by atoms with E-state index in [0.717, 1.165) is 18.4 Å². The highest BCUT2D eigenvalue weighted by Crippen LogP contribution is 2.53. The SMILES string of the molecule is CCC1(C)C(N)CC1c1cccc(C#N)c1.